The van der Waals surface area contributed by atoms with Crippen molar-refractivity contribution in [1.29, 1.82) is 0 Å². The summed E-state index contributed by atoms with van der Waals surface area (Å²) >= 11 is 11.9. The van der Waals surface area contributed by atoms with E-state index < -0.39 is 12.0 Å². The molecule has 0 spiro atoms. The SMILES string of the molecule is CCOC(=O)N1C(=O)/C(=C/CCc2ccc(Cl)cc2)c2ccc(Cl)cc21. The van der Waals surface area contributed by atoms with Crippen LogP contribution >= 0.6 is 23.2 Å². The molecular weight excluding hydrogens is 373 g/mol. The second-order valence-corrected chi connectivity index (χ2v) is 6.66. The Bertz CT molecular complexity index is 875. The Morgan fingerprint density at radius 3 is 2.50 bits per heavy atom. The lowest BCUT2D eigenvalue weighted by Gasteiger charge is -2.14. The molecule has 1 aliphatic rings. The number of nitrogens with zero attached hydrogens (tertiary/aromatic N) is 1. The monoisotopic (exact) mass is 389 g/mol. The minimum Gasteiger partial charge on any atom is -0.449 e. The van der Waals surface area contributed by atoms with Gasteiger partial charge in [0.2, 0.25) is 0 Å². The van der Waals surface area contributed by atoms with Crippen molar-refractivity contribution in [2.24, 2.45) is 0 Å². The highest BCUT2D eigenvalue weighted by Gasteiger charge is 2.37. The number of halogens is 2. The van der Waals surface area contributed by atoms with E-state index in [-0.39, 0.29) is 6.61 Å². The first kappa shape index (κ1) is 18.5. The zero-order chi connectivity index (χ0) is 18.7. The summed E-state index contributed by atoms with van der Waals surface area (Å²) in [7, 11) is 0. The van der Waals surface area contributed by atoms with E-state index in [0.29, 0.717) is 33.3 Å². The van der Waals surface area contributed by atoms with Crippen LogP contribution in [-0.2, 0) is 16.0 Å². The van der Waals surface area contributed by atoms with Crippen LogP contribution in [0.5, 0.6) is 0 Å². The van der Waals surface area contributed by atoms with Crippen LogP contribution in [0.25, 0.3) is 5.57 Å². The summed E-state index contributed by atoms with van der Waals surface area (Å²) in [4.78, 5) is 26.0. The van der Waals surface area contributed by atoms with Gasteiger partial charge >= 0.3 is 6.09 Å². The van der Waals surface area contributed by atoms with E-state index >= 15 is 0 Å². The van der Waals surface area contributed by atoms with Crippen molar-refractivity contribution >= 4 is 46.5 Å². The molecule has 0 N–H and O–H groups in total. The molecule has 0 radical (unpaired) electrons. The molecule has 2 aromatic carbocycles. The van der Waals surface area contributed by atoms with Gasteiger partial charge in [-0.15, -0.1) is 0 Å². The van der Waals surface area contributed by atoms with Crippen molar-refractivity contribution in [3.8, 4) is 0 Å². The number of carbonyl (C=O) groups excluding carboxylic acids is 2. The molecule has 2 aromatic rings. The van der Waals surface area contributed by atoms with Crippen LogP contribution in [0.4, 0.5) is 10.5 Å². The summed E-state index contributed by atoms with van der Waals surface area (Å²) in [6.07, 6.45) is 2.57. The standard InChI is InChI=1S/C20H17Cl2NO3/c1-2-26-20(25)23-18-12-15(22)10-11-16(18)17(19(23)24)5-3-4-13-6-8-14(21)9-7-13/h5-12H,2-4H2,1H3/b17-5+. The molecule has 0 saturated heterocycles. The van der Waals surface area contributed by atoms with E-state index in [0.717, 1.165) is 16.9 Å². The van der Waals surface area contributed by atoms with Crippen molar-refractivity contribution < 1.29 is 14.3 Å². The summed E-state index contributed by atoms with van der Waals surface area (Å²) in [5.74, 6) is -0.392. The average molecular weight is 390 g/mol. The van der Waals surface area contributed by atoms with Gasteiger partial charge in [-0.2, -0.15) is 0 Å². The third-order valence-electron chi connectivity index (χ3n) is 4.07. The molecule has 134 valence electrons. The zero-order valence-electron chi connectivity index (χ0n) is 14.2. The molecule has 1 aliphatic heterocycles. The number of amides is 2. The number of anilines is 1. The molecule has 0 saturated carbocycles. The first-order valence-corrected chi connectivity index (χ1v) is 9.02. The second-order valence-electron chi connectivity index (χ2n) is 5.78. The zero-order valence-corrected chi connectivity index (χ0v) is 15.7. The molecule has 26 heavy (non-hydrogen) atoms. The van der Waals surface area contributed by atoms with Crippen molar-refractivity contribution in [2.45, 2.75) is 19.8 Å². The van der Waals surface area contributed by atoms with Gasteiger partial charge in [0.25, 0.3) is 5.91 Å². The number of rotatable bonds is 4. The largest absolute Gasteiger partial charge is 0.449 e. The number of fused-ring (bicyclic) bond motifs is 1. The first-order chi connectivity index (χ1) is 12.5. The van der Waals surface area contributed by atoms with E-state index in [2.05, 4.69) is 0 Å². The fourth-order valence-electron chi connectivity index (χ4n) is 2.86. The molecular formula is C20H17Cl2NO3. The summed E-state index contributed by atoms with van der Waals surface area (Å²) in [6.45, 7) is 1.88. The third kappa shape index (κ3) is 3.76. The number of ether oxygens (including phenoxy) is 1. The lowest BCUT2D eigenvalue weighted by Crippen LogP contribution is -2.34. The Morgan fingerprint density at radius 2 is 1.81 bits per heavy atom. The number of imide groups is 1. The Hall–Kier alpha value is -2.30. The molecule has 0 bridgehead atoms. The predicted octanol–water partition coefficient (Wildman–Crippen LogP) is 5.51. The summed E-state index contributed by atoms with van der Waals surface area (Å²) in [5, 5.41) is 1.14. The minimum absolute atomic E-state index is 0.189. The molecule has 1 heterocycles. The number of benzene rings is 2. The Labute approximate surface area is 162 Å². The summed E-state index contributed by atoms with van der Waals surface area (Å²) in [5.41, 5.74) is 2.75. The van der Waals surface area contributed by atoms with Gasteiger partial charge in [-0.25, -0.2) is 9.69 Å². The third-order valence-corrected chi connectivity index (χ3v) is 4.56. The van der Waals surface area contributed by atoms with Gasteiger partial charge in [-0.1, -0.05) is 47.5 Å². The molecule has 4 nitrogen and oxygen atoms in total. The van der Waals surface area contributed by atoms with Crippen molar-refractivity contribution in [1.82, 2.24) is 0 Å². The van der Waals surface area contributed by atoms with E-state index in [4.69, 9.17) is 27.9 Å². The maximum Gasteiger partial charge on any atom is 0.421 e. The van der Waals surface area contributed by atoms with E-state index in [9.17, 15) is 9.59 Å². The number of aryl methyl sites for hydroxylation is 1. The van der Waals surface area contributed by atoms with Gasteiger partial charge in [-0.3, -0.25) is 4.79 Å². The number of allylic oxidation sites excluding steroid dienone is 1. The van der Waals surface area contributed by atoms with E-state index in [1.54, 1.807) is 25.1 Å². The van der Waals surface area contributed by atoms with Crippen LogP contribution in [0.2, 0.25) is 10.0 Å². The normalized spacial score (nSPS) is 14.7. The highest BCUT2D eigenvalue weighted by molar-refractivity contribution is 6.40. The molecule has 6 heteroatoms. The number of carbonyl (C=O) groups is 2. The van der Waals surface area contributed by atoms with Crippen LogP contribution in [0.15, 0.2) is 48.5 Å². The molecule has 2 amide bonds. The minimum atomic E-state index is -0.692. The predicted molar refractivity (Wildman–Crippen MR) is 104 cm³/mol. The van der Waals surface area contributed by atoms with Gasteiger partial charge in [-0.05, 0) is 49.6 Å². The van der Waals surface area contributed by atoms with Gasteiger partial charge in [0.05, 0.1) is 12.3 Å². The van der Waals surface area contributed by atoms with Crippen LogP contribution in [-0.4, -0.2) is 18.6 Å². The highest BCUT2D eigenvalue weighted by atomic mass is 35.5. The van der Waals surface area contributed by atoms with Gasteiger partial charge in [0.1, 0.15) is 0 Å². The summed E-state index contributed by atoms with van der Waals surface area (Å²) in [6, 6.07) is 12.6. The topological polar surface area (TPSA) is 46.6 Å². The van der Waals surface area contributed by atoms with Crippen molar-refractivity contribution in [3.63, 3.8) is 0 Å². The highest BCUT2D eigenvalue weighted by Crippen LogP contribution is 2.39. The van der Waals surface area contributed by atoms with Gasteiger partial charge in [0.15, 0.2) is 0 Å². The fourth-order valence-corrected chi connectivity index (χ4v) is 3.16. The quantitative estimate of drug-likeness (QED) is 0.647. The molecule has 3 rings (SSSR count). The van der Waals surface area contributed by atoms with Gasteiger partial charge < -0.3 is 4.74 Å². The Morgan fingerprint density at radius 1 is 1.12 bits per heavy atom. The molecule has 0 unspecified atom stereocenters. The van der Waals surface area contributed by atoms with Crippen LogP contribution in [0.3, 0.4) is 0 Å². The maximum atomic E-state index is 12.8. The van der Waals surface area contributed by atoms with Crippen LogP contribution in [0, 0.1) is 0 Å². The fraction of sp³-hybridized carbons (Fsp3) is 0.200. The lowest BCUT2D eigenvalue weighted by atomic mass is 10.0. The van der Waals surface area contributed by atoms with Gasteiger partial charge in [0, 0.05) is 21.2 Å². The lowest BCUT2D eigenvalue weighted by molar-refractivity contribution is -0.112. The van der Waals surface area contributed by atoms with Crippen molar-refractivity contribution in [2.75, 3.05) is 11.5 Å². The number of hydrogen-bond acceptors (Lipinski definition) is 3. The number of hydrogen-bond donors (Lipinski definition) is 0. The molecule has 0 atom stereocenters. The smallest absolute Gasteiger partial charge is 0.421 e. The average Bonchev–Trinajstić information content (AvgIpc) is 2.88. The molecule has 0 aliphatic carbocycles. The second kappa shape index (κ2) is 7.94. The Balaban J connectivity index is 1.86. The van der Waals surface area contributed by atoms with Crippen LogP contribution < -0.4 is 4.90 Å². The maximum absolute atomic E-state index is 12.8. The molecule has 0 fully saturated rings. The first-order valence-electron chi connectivity index (χ1n) is 8.27. The van der Waals surface area contributed by atoms with Crippen LogP contribution in [0.1, 0.15) is 24.5 Å². The summed E-state index contributed by atoms with van der Waals surface area (Å²) < 4.78 is 5.01. The van der Waals surface area contributed by atoms with E-state index in [1.165, 1.54) is 0 Å². The van der Waals surface area contributed by atoms with Crippen molar-refractivity contribution in [3.05, 3.63) is 69.7 Å². The van der Waals surface area contributed by atoms with E-state index in [1.807, 2.05) is 30.3 Å². The molecule has 0 aromatic heterocycles. The Kier molecular flexibility index (Phi) is 5.64.